The van der Waals surface area contributed by atoms with Crippen LogP contribution in [-0.4, -0.2) is 45.9 Å². The Hall–Kier alpha value is -1.44. The summed E-state index contributed by atoms with van der Waals surface area (Å²) in [6.45, 7) is 4.79. The molecular weight excluding hydrogens is 304 g/mol. The Bertz CT molecular complexity index is 544. The van der Waals surface area contributed by atoms with E-state index in [2.05, 4.69) is 10.0 Å². The molecule has 1 amide bonds. The second-order valence-electron chi connectivity index (χ2n) is 5.11. The highest BCUT2D eigenvalue weighted by molar-refractivity contribution is 7.89. The number of amides is 1. The molecule has 0 heterocycles. The van der Waals surface area contributed by atoms with E-state index in [-0.39, 0.29) is 24.3 Å². The van der Waals surface area contributed by atoms with Gasteiger partial charge in [0.25, 0.3) is 5.91 Å². The lowest BCUT2D eigenvalue weighted by Gasteiger charge is -2.09. The predicted molar refractivity (Wildman–Crippen MR) is 86.3 cm³/mol. The molecule has 0 unspecified atom stereocenters. The molecule has 0 spiro atoms. The summed E-state index contributed by atoms with van der Waals surface area (Å²) in [6, 6.07) is 8.68. The summed E-state index contributed by atoms with van der Waals surface area (Å²) in [4.78, 5) is 11.8. The maximum absolute atomic E-state index is 11.8. The van der Waals surface area contributed by atoms with Crippen molar-refractivity contribution in [1.29, 1.82) is 0 Å². The van der Waals surface area contributed by atoms with Gasteiger partial charge in [0.2, 0.25) is 10.0 Å². The molecule has 0 bridgehead atoms. The highest BCUT2D eigenvalue weighted by Crippen LogP contribution is 1.97. The lowest BCUT2D eigenvalue weighted by atomic mass is 10.2. The molecule has 0 saturated carbocycles. The Morgan fingerprint density at radius 2 is 1.86 bits per heavy atom. The van der Waals surface area contributed by atoms with E-state index < -0.39 is 10.0 Å². The number of carbonyl (C=O) groups excluding carboxylic acids is 1. The zero-order valence-corrected chi connectivity index (χ0v) is 13.9. The Balaban J connectivity index is 2.21. The molecule has 1 aromatic rings. The van der Waals surface area contributed by atoms with Gasteiger partial charge in [0.05, 0.1) is 11.9 Å². The van der Waals surface area contributed by atoms with E-state index in [0.717, 1.165) is 0 Å². The van der Waals surface area contributed by atoms with Crippen LogP contribution in [0.4, 0.5) is 0 Å². The molecule has 0 aliphatic heterocycles. The summed E-state index contributed by atoms with van der Waals surface area (Å²) in [5, 5.41) is 2.59. The largest absolute Gasteiger partial charge is 0.379 e. The molecule has 124 valence electrons. The van der Waals surface area contributed by atoms with Crippen molar-refractivity contribution in [1.82, 2.24) is 10.0 Å². The van der Waals surface area contributed by atoms with Crippen LogP contribution in [0.2, 0.25) is 0 Å². The molecule has 1 rings (SSSR count). The minimum atomic E-state index is -3.38. The minimum Gasteiger partial charge on any atom is -0.379 e. The van der Waals surface area contributed by atoms with Crippen LogP contribution in [0, 0.1) is 0 Å². The molecule has 2 N–H and O–H groups in total. The number of hydrogen-bond acceptors (Lipinski definition) is 4. The zero-order valence-electron chi connectivity index (χ0n) is 13.0. The summed E-state index contributed by atoms with van der Waals surface area (Å²) in [5.41, 5.74) is 0.513. The van der Waals surface area contributed by atoms with Gasteiger partial charge in [-0.1, -0.05) is 18.2 Å². The van der Waals surface area contributed by atoms with Crippen LogP contribution in [0.25, 0.3) is 0 Å². The SMILES string of the molecule is CC(C)OCCCNS(=O)(=O)CCNC(=O)c1ccccc1. The number of carbonyl (C=O) groups is 1. The van der Waals surface area contributed by atoms with Gasteiger partial charge < -0.3 is 10.1 Å². The van der Waals surface area contributed by atoms with Crippen LogP contribution in [0.1, 0.15) is 30.6 Å². The van der Waals surface area contributed by atoms with Crippen molar-refractivity contribution in [3.63, 3.8) is 0 Å². The highest BCUT2D eigenvalue weighted by atomic mass is 32.2. The van der Waals surface area contributed by atoms with E-state index in [1.54, 1.807) is 24.3 Å². The monoisotopic (exact) mass is 328 g/mol. The number of rotatable bonds is 10. The van der Waals surface area contributed by atoms with E-state index in [4.69, 9.17) is 4.74 Å². The molecule has 0 aliphatic rings. The van der Waals surface area contributed by atoms with Gasteiger partial charge in [-0.25, -0.2) is 13.1 Å². The van der Waals surface area contributed by atoms with Crippen LogP contribution in [0.3, 0.4) is 0 Å². The number of nitrogens with one attached hydrogen (secondary N) is 2. The van der Waals surface area contributed by atoms with Gasteiger partial charge in [0.15, 0.2) is 0 Å². The lowest BCUT2D eigenvalue weighted by molar-refractivity contribution is 0.0778. The smallest absolute Gasteiger partial charge is 0.251 e. The van der Waals surface area contributed by atoms with E-state index in [1.165, 1.54) is 0 Å². The molecule has 7 heteroatoms. The molecule has 0 atom stereocenters. The molecular formula is C15H24N2O4S. The number of sulfonamides is 1. The Morgan fingerprint density at radius 1 is 1.18 bits per heavy atom. The summed E-state index contributed by atoms with van der Waals surface area (Å²) >= 11 is 0. The van der Waals surface area contributed by atoms with Crippen molar-refractivity contribution in [2.24, 2.45) is 0 Å². The quantitative estimate of drug-likeness (QED) is 0.631. The molecule has 6 nitrogen and oxygen atoms in total. The Morgan fingerprint density at radius 3 is 2.50 bits per heavy atom. The first kappa shape index (κ1) is 18.6. The minimum absolute atomic E-state index is 0.0750. The second kappa shape index (κ2) is 9.55. The molecule has 0 aromatic heterocycles. The lowest BCUT2D eigenvalue weighted by Crippen LogP contribution is -2.35. The third-order valence-corrected chi connectivity index (χ3v) is 4.17. The van der Waals surface area contributed by atoms with E-state index >= 15 is 0 Å². The molecule has 0 fully saturated rings. The number of hydrogen-bond donors (Lipinski definition) is 2. The third-order valence-electron chi connectivity index (χ3n) is 2.79. The van der Waals surface area contributed by atoms with E-state index in [0.29, 0.717) is 25.1 Å². The second-order valence-corrected chi connectivity index (χ2v) is 7.03. The standard InChI is InChI=1S/C15H24N2O4S/c1-13(2)21-11-6-9-17-22(19,20)12-10-16-15(18)14-7-4-3-5-8-14/h3-5,7-8,13,17H,6,9-12H2,1-2H3,(H,16,18). The normalized spacial score (nSPS) is 11.6. The van der Waals surface area contributed by atoms with E-state index in [9.17, 15) is 13.2 Å². The first-order valence-corrected chi connectivity index (χ1v) is 8.98. The van der Waals surface area contributed by atoms with Gasteiger partial charge >= 0.3 is 0 Å². The van der Waals surface area contributed by atoms with Gasteiger partial charge in [0.1, 0.15) is 0 Å². The fourth-order valence-corrected chi connectivity index (χ4v) is 2.65. The van der Waals surface area contributed by atoms with Gasteiger partial charge in [-0.15, -0.1) is 0 Å². The van der Waals surface area contributed by atoms with Crippen molar-refractivity contribution in [3.05, 3.63) is 35.9 Å². The average molecular weight is 328 g/mol. The van der Waals surface area contributed by atoms with E-state index in [1.807, 2.05) is 19.9 Å². The van der Waals surface area contributed by atoms with Gasteiger partial charge in [-0.3, -0.25) is 4.79 Å². The Labute approximate surface area is 132 Å². The van der Waals surface area contributed by atoms with Crippen LogP contribution in [0.15, 0.2) is 30.3 Å². The van der Waals surface area contributed by atoms with Crippen molar-refractivity contribution >= 4 is 15.9 Å². The predicted octanol–water partition coefficient (Wildman–Crippen LogP) is 1.15. The summed E-state index contributed by atoms with van der Waals surface area (Å²) in [5.74, 6) is -0.419. The number of benzene rings is 1. The van der Waals surface area contributed by atoms with Crippen molar-refractivity contribution in [2.45, 2.75) is 26.4 Å². The van der Waals surface area contributed by atoms with Gasteiger partial charge in [0, 0.05) is 25.3 Å². The fourth-order valence-electron chi connectivity index (χ4n) is 1.68. The van der Waals surface area contributed by atoms with Crippen LogP contribution >= 0.6 is 0 Å². The maximum atomic E-state index is 11.8. The van der Waals surface area contributed by atoms with Crippen LogP contribution in [0.5, 0.6) is 0 Å². The summed E-state index contributed by atoms with van der Waals surface area (Å²) in [6.07, 6.45) is 0.762. The maximum Gasteiger partial charge on any atom is 0.251 e. The first-order valence-electron chi connectivity index (χ1n) is 7.33. The molecule has 22 heavy (non-hydrogen) atoms. The van der Waals surface area contributed by atoms with Crippen LogP contribution < -0.4 is 10.0 Å². The highest BCUT2D eigenvalue weighted by Gasteiger charge is 2.11. The molecule has 0 radical (unpaired) electrons. The third kappa shape index (κ3) is 8.11. The van der Waals surface area contributed by atoms with Crippen molar-refractivity contribution in [3.8, 4) is 0 Å². The topological polar surface area (TPSA) is 84.5 Å². The average Bonchev–Trinajstić information content (AvgIpc) is 2.47. The summed E-state index contributed by atoms with van der Waals surface area (Å²) < 4.78 is 31.3. The van der Waals surface area contributed by atoms with Gasteiger partial charge in [-0.2, -0.15) is 0 Å². The van der Waals surface area contributed by atoms with Crippen molar-refractivity contribution < 1.29 is 17.9 Å². The van der Waals surface area contributed by atoms with Crippen LogP contribution in [-0.2, 0) is 14.8 Å². The fraction of sp³-hybridized carbons (Fsp3) is 0.533. The summed E-state index contributed by atoms with van der Waals surface area (Å²) in [7, 11) is -3.38. The molecule has 1 aromatic carbocycles. The molecule has 0 aliphatic carbocycles. The zero-order chi connectivity index (χ0) is 16.4. The van der Waals surface area contributed by atoms with Gasteiger partial charge in [-0.05, 0) is 32.4 Å². The van der Waals surface area contributed by atoms with Crippen molar-refractivity contribution in [2.75, 3.05) is 25.4 Å². The number of ether oxygens (including phenoxy) is 1. The molecule has 0 saturated heterocycles. The Kier molecular flexibility index (Phi) is 8.08. The first-order chi connectivity index (χ1) is 10.4.